The van der Waals surface area contributed by atoms with Crippen molar-refractivity contribution in [1.82, 2.24) is 15.5 Å². The number of imide groups is 1. The number of amides is 4. The predicted octanol–water partition coefficient (Wildman–Crippen LogP) is 2.98. The summed E-state index contributed by atoms with van der Waals surface area (Å²) in [6.07, 6.45) is 2.10. The minimum atomic E-state index is -1.23. The van der Waals surface area contributed by atoms with Crippen molar-refractivity contribution >= 4 is 17.8 Å². The molecule has 1 aliphatic rings. The maximum Gasteiger partial charge on any atom is 0.325 e. The number of nitrogens with zero attached hydrogens (tertiary/aromatic N) is 1. The van der Waals surface area contributed by atoms with Crippen molar-refractivity contribution in [2.75, 3.05) is 6.54 Å². The Morgan fingerprint density at radius 2 is 1.69 bits per heavy atom. The van der Waals surface area contributed by atoms with Crippen LogP contribution in [0.1, 0.15) is 37.8 Å². The molecule has 0 aromatic heterocycles. The molecule has 1 aliphatic heterocycles. The Kier molecular flexibility index (Phi) is 6.32. The highest BCUT2D eigenvalue weighted by Crippen LogP contribution is 2.32. The quantitative estimate of drug-likeness (QED) is 0.677. The number of nitrogens with one attached hydrogen (secondary N) is 2. The lowest BCUT2D eigenvalue weighted by atomic mass is 9.83. The summed E-state index contributed by atoms with van der Waals surface area (Å²) in [5, 5.41) is 5.73. The summed E-state index contributed by atoms with van der Waals surface area (Å²) in [6, 6.07) is 18.2. The highest BCUT2D eigenvalue weighted by molar-refractivity contribution is 6.09. The first-order valence-electron chi connectivity index (χ1n) is 9.99. The lowest BCUT2D eigenvalue weighted by Crippen LogP contribution is -2.47. The molecule has 0 bridgehead atoms. The minimum absolute atomic E-state index is 0.00327. The van der Waals surface area contributed by atoms with Gasteiger partial charge in [0.05, 0.1) is 0 Å². The molecule has 0 unspecified atom stereocenters. The van der Waals surface area contributed by atoms with Gasteiger partial charge in [-0.3, -0.25) is 14.5 Å². The van der Waals surface area contributed by atoms with E-state index in [2.05, 4.69) is 10.6 Å². The summed E-state index contributed by atoms with van der Waals surface area (Å²) >= 11 is 0. The molecule has 2 aromatic carbocycles. The fourth-order valence-corrected chi connectivity index (χ4v) is 3.78. The Bertz CT molecular complexity index is 869. The molecule has 0 aliphatic carbocycles. The average molecular weight is 393 g/mol. The van der Waals surface area contributed by atoms with Crippen LogP contribution in [0.5, 0.6) is 0 Å². The molecule has 152 valence electrons. The van der Waals surface area contributed by atoms with Gasteiger partial charge in [0.1, 0.15) is 6.54 Å². The molecule has 2 aromatic rings. The molecule has 0 saturated carbocycles. The molecule has 29 heavy (non-hydrogen) atoms. The first-order valence-corrected chi connectivity index (χ1v) is 9.99. The van der Waals surface area contributed by atoms with Gasteiger partial charge in [0.2, 0.25) is 5.91 Å². The highest BCUT2D eigenvalue weighted by Gasteiger charge is 2.52. The number of urea groups is 1. The summed E-state index contributed by atoms with van der Waals surface area (Å²) in [5.74, 6) is -0.742. The van der Waals surface area contributed by atoms with E-state index >= 15 is 0 Å². The second kappa shape index (κ2) is 8.90. The van der Waals surface area contributed by atoms with Crippen LogP contribution in [0.25, 0.3) is 0 Å². The number of rotatable bonds is 8. The molecule has 2 atom stereocenters. The number of carbonyl (C=O) groups excluding carboxylic acids is 3. The predicted molar refractivity (Wildman–Crippen MR) is 111 cm³/mol. The molecule has 0 radical (unpaired) electrons. The van der Waals surface area contributed by atoms with E-state index in [1.165, 1.54) is 0 Å². The molecule has 1 heterocycles. The van der Waals surface area contributed by atoms with Crippen molar-refractivity contribution < 1.29 is 14.4 Å². The van der Waals surface area contributed by atoms with Crippen LogP contribution in [-0.4, -0.2) is 35.3 Å². The minimum Gasteiger partial charge on any atom is -0.352 e. The van der Waals surface area contributed by atoms with Crippen LogP contribution >= 0.6 is 0 Å². The van der Waals surface area contributed by atoms with Gasteiger partial charge in [0.25, 0.3) is 5.91 Å². The molecule has 2 N–H and O–H groups in total. The zero-order chi connectivity index (χ0) is 20.9. The average Bonchev–Trinajstić information content (AvgIpc) is 2.94. The Labute approximate surface area is 171 Å². The fourth-order valence-electron chi connectivity index (χ4n) is 3.78. The van der Waals surface area contributed by atoms with Crippen molar-refractivity contribution in [3.8, 4) is 0 Å². The highest BCUT2D eigenvalue weighted by atomic mass is 16.2. The van der Waals surface area contributed by atoms with Crippen molar-refractivity contribution in [1.29, 1.82) is 0 Å². The molecule has 1 saturated heterocycles. The van der Waals surface area contributed by atoms with Gasteiger partial charge in [-0.25, -0.2) is 4.79 Å². The summed E-state index contributed by atoms with van der Waals surface area (Å²) in [5.41, 5.74) is 0.395. The van der Waals surface area contributed by atoms with Crippen molar-refractivity contribution in [2.45, 2.75) is 44.7 Å². The van der Waals surface area contributed by atoms with E-state index in [4.69, 9.17) is 0 Å². The third kappa shape index (κ3) is 4.47. The van der Waals surface area contributed by atoms with Gasteiger partial charge in [-0.2, -0.15) is 0 Å². The van der Waals surface area contributed by atoms with E-state index in [-0.39, 0.29) is 18.5 Å². The molecule has 3 rings (SSSR count). The van der Waals surface area contributed by atoms with Crippen LogP contribution in [0.2, 0.25) is 0 Å². The number of benzene rings is 2. The van der Waals surface area contributed by atoms with Gasteiger partial charge in [-0.05, 0) is 24.5 Å². The van der Waals surface area contributed by atoms with Crippen LogP contribution in [0.4, 0.5) is 4.79 Å². The lowest BCUT2D eigenvalue weighted by molar-refractivity contribution is -0.135. The Hall–Kier alpha value is -3.15. The van der Waals surface area contributed by atoms with Crippen LogP contribution in [0.3, 0.4) is 0 Å². The summed E-state index contributed by atoms with van der Waals surface area (Å²) in [6.45, 7) is 3.66. The van der Waals surface area contributed by atoms with E-state index in [1.54, 1.807) is 0 Å². The Balaban J connectivity index is 1.87. The molecular formula is C23H27N3O3. The van der Waals surface area contributed by atoms with E-state index in [9.17, 15) is 14.4 Å². The second-order valence-electron chi connectivity index (χ2n) is 7.51. The van der Waals surface area contributed by atoms with Gasteiger partial charge < -0.3 is 10.6 Å². The second-order valence-corrected chi connectivity index (χ2v) is 7.51. The molecule has 6 nitrogen and oxygen atoms in total. The first-order chi connectivity index (χ1) is 14.0. The molecule has 4 amide bonds. The summed E-state index contributed by atoms with van der Waals surface area (Å²) in [4.78, 5) is 39.6. The lowest BCUT2D eigenvalue weighted by Gasteiger charge is -2.27. The van der Waals surface area contributed by atoms with Gasteiger partial charge in [0, 0.05) is 12.5 Å². The van der Waals surface area contributed by atoms with Gasteiger partial charge in [-0.1, -0.05) is 74.0 Å². The third-order valence-corrected chi connectivity index (χ3v) is 5.19. The third-order valence-electron chi connectivity index (χ3n) is 5.19. The van der Waals surface area contributed by atoms with Gasteiger partial charge >= 0.3 is 6.03 Å². The van der Waals surface area contributed by atoms with E-state index < -0.39 is 17.5 Å². The molecule has 0 spiro atoms. The van der Waals surface area contributed by atoms with Gasteiger partial charge in [0.15, 0.2) is 5.54 Å². The SMILES string of the molecule is CCC[C@H](C)NC(=O)CN1C(=O)N[C@](Cc2ccccc2)(c2ccccc2)C1=O. The first kappa shape index (κ1) is 20.6. The van der Waals surface area contributed by atoms with Crippen molar-refractivity contribution in [3.63, 3.8) is 0 Å². The molecular weight excluding hydrogens is 366 g/mol. The van der Waals surface area contributed by atoms with Crippen molar-refractivity contribution in [2.24, 2.45) is 0 Å². The molecule has 6 heteroatoms. The summed E-state index contributed by atoms with van der Waals surface area (Å²) < 4.78 is 0. The maximum atomic E-state index is 13.5. The van der Waals surface area contributed by atoms with Crippen LogP contribution in [0.15, 0.2) is 60.7 Å². The number of hydrogen-bond donors (Lipinski definition) is 2. The van der Waals surface area contributed by atoms with Crippen molar-refractivity contribution in [3.05, 3.63) is 71.8 Å². The smallest absolute Gasteiger partial charge is 0.325 e. The van der Waals surface area contributed by atoms with Crippen LogP contribution < -0.4 is 10.6 Å². The zero-order valence-corrected chi connectivity index (χ0v) is 16.9. The number of hydrogen-bond acceptors (Lipinski definition) is 3. The monoisotopic (exact) mass is 393 g/mol. The standard InChI is InChI=1S/C23H27N3O3/c1-3-10-17(2)24-20(27)16-26-21(28)23(25-22(26)29,19-13-8-5-9-14-19)15-18-11-6-4-7-12-18/h4-9,11-14,17H,3,10,15-16H2,1-2H3,(H,24,27)(H,25,29)/t17-,23+/m0/s1. The van der Waals surface area contributed by atoms with E-state index in [0.29, 0.717) is 12.0 Å². The molecule has 1 fully saturated rings. The topological polar surface area (TPSA) is 78.5 Å². The summed E-state index contributed by atoms with van der Waals surface area (Å²) in [7, 11) is 0. The van der Waals surface area contributed by atoms with Crippen LogP contribution in [0, 0.1) is 0 Å². The largest absolute Gasteiger partial charge is 0.352 e. The van der Waals surface area contributed by atoms with Crippen LogP contribution in [-0.2, 0) is 21.5 Å². The fraction of sp³-hybridized carbons (Fsp3) is 0.348. The van der Waals surface area contributed by atoms with E-state index in [0.717, 1.165) is 23.3 Å². The zero-order valence-electron chi connectivity index (χ0n) is 16.9. The normalized spacial score (nSPS) is 19.7. The maximum absolute atomic E-state index is 13.5. The Morgan fingerprint density at radius 3 is 2.31 bits per heavy atom. The number of carbonyl (C=O) groups is 3. The van der Waals surface area contributed by atoms with E-state index in [1.807, 2.05) is 74.5 Å². The van der Waals surface area contributed by atoms with Gasteiger partial charge in [-0.15, -0.1) is 0 Å². The Morgan fingerprint density at radius 1 is 1.07 bits per heavy atom.